The lowest BCUT2D eigenvalue weighted by atomic mass is 10.0. The van der Waals surface area contributed by atoms with E-state index in [2.05, 4.69) is 32.3 Å². The number of alkyl halides is 2. The summed E-state index contributed by atoms with van der Waals surface area (Å²) in [6, 6.07) is 5.31. The lowest BCUT2D eigenvalue weighted by molar-refractivity contribution is -0.130. The normalized spacial score (nSPS) is 19.5. The third kappa shape index (κ3) is 5.42. The second-order valence-electron chi connectivity index (χ2n) is 8.13. The van der Waals surface area contributed by atoms with Gasteiger partial charge in [0.15, 0.2) is 6.10 Å². The van der Waals surface area contributed by atoms with Crippen molar-refractivity contribution in [3.8, 4) is 11.6 Å². The Bertz CT molecular complexity index is 940. The van der Waals surface area contributed by atoms with Gasteiger partial charge in [0.05, 0.1) is 12.6 Å². The predicted molar refractivity (Wildman–Crippen MR) is 112 cm³/mol. The largest absolute Gasteiger partial charge is 0.464 e. The molecule has 3 N–H and O–H groups in total. The van der Waals surface area contributed by atoms with Crippen LogP contribution < -0.4 is 20.1 Å². The molecule has 1 aromatic carbocycles. The number of aromatic nitrogens is 2. The summed E-state index contributed by atoms with van der Waals surface area (Å²) in [5.74, 6) is 1.11. The first-order valence-corrected chi connectivity index (χ1v) is 10.7. The summed E-state index contributed by atoms with van der Waals surface area (Å²) in [6.45, 7) is -1.19. The van der Waals surface area contributed by atoms with Crippen LogP contribution in [0.15, 0.2) is 30.5 Å². The Labute approximate surface area is 184 Å². The predicted octanol–water partition coefficient (Wildman–Crippen LogP) is 2.83. The molecule has 1 amide bonds. The molecule has 3 atom stereocenters. The number of hydrogen-bond acceptors (Lipinski definition) is 7. The Morgan fingerprint density at radius 2 is 2.03 bits per heavy atom. The van der Waals surface area contributed by atoms with Crippen molar-refractivity contribution in [2.75, 3.05) is 11.9 Å². The molecule has 1 aliphatic carbocycles. The number of amides is 1. The van der Waals surface area contributed by atoms with Crippen molar-refractivity contribution in [2.45, 2.75) is 57.4 Å². The van der Waals surface area contributed by atoms with E-state index in [1.807, 2.05) is 0 Å². The van der Waals surface area contributed by atoms with E-state index in [1.54, 1.807) is 6.20 Å². The highest BCUT2D eigenvalue weighted by Gasteiger charge is 2.31. The number of carbonyl (C=O) groups is 1. The number of halogens is 2. The molecule has 32 heavy (non-hydrogen) atoms. The molecule has 2 aromatic rings. The molecule has 2 heterocycles. The molecule has 2 aliphatic rings. The average molecular weight is 448 g/mol. The van der Waals surface area contributed by atoms with Crippen molar-refractivity contribution >= 4 is 11.9 Å². The number of hydrogen-bond donors (Lipinski definition) is 3. The number of benzene rings is 1. The molecular formula is C22H26F2N4O4. The number of anilines is 1. The van der Waals surface area contributed by atoms with Gasteiger partial charge in [-0.1, -0.05) is 12.1 Å². The fourth-order valence-corrected chi connectivity index (χ4v) is 3.70. The zero-order chi connectivity index (χ0) is 22.7. The molecule has 0 saturated heterocycles. The van der Waals surface area contributed by atoms with Gasteiger partial charge >= 0.3 is 6.61 Å². The Morgan fingerprint density at radius 1 is 1.28 bits per heavy atom. The summed E-state index contributed by atoms with van der Waals surface area (Å²) < 4.78 is 34.8. The van der Waals surface area contributed by atoms with Crippen LogP contribution in [0.5, 0.6) is 11.6 Å². The molecule has 1 fully saturated rings. The van der Waals surface area contributed by atoms with Crippen molar-refractivity contribution < 1.29 is 28.2 Å². The quantitative estimate of drug-likeness (QED) is 0.542. The first kappa shape index (κ1) is 22.2. The lowest BCUT2D eigenvalue weighted by Gasteiger charge is -2.26. The molecule has 172 valence electrons. The number of rotatable bonds is 9. The van der Waals surface area contributed by atoms with Crippen LogP contribution in [0.25, 0.3) is 0 Å². The molecule has 0 spiro atoms. The Balaban J connectivity index is 1.38. The van der Waals surface area contributed by atoms with Crippen molar-refractivity contribution in [3.05, 3.63) is 41.6 Å². The number of ether oxygens (including phenoxy) is 2. The van der Waals surface area contributed by atoms with Crippen molar-refractivity contribution in [1.29, 1.82) is 0 Å². The molecule has 1 aromatic heterocycles. The van der Waals surface area contributed by atoms with Crippen molar-refractivity contribution in [2.24, 2.45) is 5.92 Å². The molecule has 8 nitrogen and oxygen atoms in total. The maximum absolute atomic E-state index is 12.8. The smallest absolute Gasteiger partial charge is 0.387 e. The average Bonchev–Trinajstić information content (AvgIpc) is 3.63. The number of aliphatic hydroxyl groups is 1. The SMILES string of the molecule is C[C@@H](Nc1ncc2c(n1)O[C@H](C(=O)N[C@H](CO)c1ccc(OC(F)F)cc1)CC2)C1CC1. The first-order chi connectivity index (χ1) is 15.4. The maximum Gasteiger partial charge on any atom is 0.387 e. The minimum atomic E-state index is -2.92. The third-order valence-corrected chi connectivity index (χ3v) is 5.74. The van der Waals surface area contributed by atoms with Crippen molar-refractivity contribution in [1.82, 2.24) is 15.3 Å². The summed E-state index contributed by atoms with van der Waals surface area (Å²) in [5, 5.41) is 15.8. The molecule has 0 unspecified atom stereocenters. The van der Waals surface area contributed by atoms with E-state index in [-0.39, 0.29) is 24.3 Å². The van der Waals surface area contributed by atoms with Crippen LogP contribution in [-0.4, -0.2) is 46.3 Å². The van der Waals surface area contributed by atoms with E-state index < -0.39 is 18.8 Å². The van der Waals surface area contributed by atoms with E-state index in [1.165, 1.54) is 37.1 Å². The third-order valence-electron chi connectivity index (χ3n) is 5.74. The van der Waals surface area contributed by atoms with Gasteiger partial charge in [-0.3, -0.25) is 4.79 Å². The number of nitrogens with zero attached hydrogens (tertiary/aromatic N) is 2. The van der Waals surface area contributed by atoms with Gasteiger partial charge in [-0.05, 0) is 56.2 Å². The van der Waals surface area contributed by atoms with Crippen LogP contribution in [0.4, 0.5) is 14.7 Å². The molecule has 4 rings (SSSR count). The zero-order valence-corrected chi connectivity index (χ0v) is 17.6. The number of carbonyl (C=O) groups excluding carboxylic acids is 1. The summed E-state index contributed by atoms with van der Waals surface area (Å²) in [6.07, 6.45) is 4.40. The monoisotopic (exact) mass is 448 g/mol. The summed E-state index contributed by atoms with van der Waals surface area (Å²) in [5.41, 5.74) is 1.40. The van der Waals surface area contributed by atoms with Gasteiger partial charge in [0, 0.05) is 17.8 Å². The molecule has 10 heteroatoms. The van der Waals surface area contributed by atoms with Gasteiger partial charge in [0.25, 0.3) is 5.91 Å². The van der Waals surface area contributed by atoms with Gasteiger partial charge in [-0.2, -0.15) is 13.8 Å². The molecular weight excluding hydrogens is 422 g/mol. The molecule has 1 saturated carbocycles. The minimum Gasteiger partial charge on any atom is -0.464 e. The zero-order valence-electron chi connectivity index (χ0n) is 17.6. The van der Waals surface area contributed by atoms with Crippen molar-refractivity contribution in [3.63, 3.8) is 0 Å². The van der Waals surface area contributed by atoms with Gasteiger partial charge in [-0.25, -0.2) is 4.98 Å². The second-order valence-corrected chi connectivity index (χ2v) is 8.13. The summed E-state index contributed by atoms with van der Waals surface area (Å²) in [4.78, 5) is 21.6. The minimum absolute atomic E-state index is 0.000844. The van der Waals surface area contributed by atoms with Gasteiger partial charge in [-0.15, -0.1) is 0 Å². The lowest BCUT2D eigenvalue weighted by Crippen LogP contribution is -2.43. The standard InChI is InChI=1S/C22H26F2N4O4/c1-12(13-2-3-13)26-22-25-10-15-6-9-18(32-20(15)28-22)19(30)27-17(11-29)14-4-7-16(8-5-14)31-21(23)24/h4-5,7-8,10,12-13,17-18,21,29H,2-3,6,9,11H2,1H3,(H,27,30)(H,25,26,28)/t12-,17-,18+/m1/s1. The van der Waals surface area contributed by atoms with Crippen LogP contribution in [0.3, 0.4) is 0 Å². The maximum atomic E-state index is 12.8. The first-order valence-electron chi connectivity index (χ1n) is 10.7. The van der Waals surface area contributed by atoms with E-state index in [0.29, 0.717) is 36.2 Å². The highest BCUT2D eigenvalue weighted by atomic mass is 19.3. The van der Waals surface area contributed by atoms with Crippen LogP contribution in [0.2, 0.25) is 0 Å². The highest BCUT2D eigenvalue weighted by molar-refractivity contribution is 5.82. The fourth-order valence-electron chi connectivity index (χ4n) is 3.70. The molecule has 0 bridgehead atoms. The number of aliphatic hydroxyl groups excluding tert-OH is 1. The number of aryl methyl sites for hydroxylation is 1. The van der Waals surface area contributed by atoms with E-state index in [4.69, 9.17) is 4.74 Å². The second kappa shape index (κ2) is 9.64. The van der Waals surface area contributed by atoms with E-state index in [9.17, 15) is 18.7 Å². The van der Waals surface area contributed by atoms with E-state index in [0.717, 1.165) is 5.56 Å². The van der Waals surface area contributed by atoms with Gasteiger partial charge in [0.2, 0.25) is 11.8 Å². The number of nitrogens with one attached hydrogen (secondary N) is 2. The molecule has 1 aliphatic heterocycles. The fraction of sp³-hybridized carbons (Fsp3) is 0.500. The Hall–Kier alpha value is -3.01. The Kier molecular flexibility index (Phi) is 6.69. The summed E-state index contributed by atoms with van der Waals surface area (Å²) >= 11 is 0. The van der Waals surface area contributed by atoms with Crippen LogP contribution >= 0.6 is 0 Å². The molecule has 0 radical (unpaired) electrons. The number of fused-ring (bicyclic) bond motifs is 1. The van der Waals surface area contributed by atoms with Crippen LogP contribution in [0.1, 0.15) is 43.4 Å². The Morgan fingerprint density at radius 3 is 2.69 bits per heavy atom. The topological polar surface area (TPSA) is 106 Å². The van der Waals surface area contributed by atoms with Gasteiger partial charge < -0.3 is 25.2 Å². The van der Waals surface area contributed by atoms with E-state index >= 15 is 0 Å². The highest BCUT2D eigenvalue weighted by Crippen LogP contribution is 2.34. The van der Waals surface area contributed by atoms with Crippen LogP contribution in [-0.2, 0) is 11.2 Å². The van der Waals surface area contributed by atoms with Crippen LogP contribution in [0, 0.1) is 5.92 Å². The van der Waals surface area contributed by atoms with Gasteiger partial charge in [0.1, 0.15) is 5.75 Å². The summed E-state index contributed by atoms with van der Waals surface area (Å²) in [7, 11) is 0.